The van der Waals surface area contributed by atoms with Gasteiger partial charge >= 0.3 is 11.9 Å². The van der Waals surface area contributed by atoms with Crippen LogP contribution in [-0.4, -0.2) is 55.8 Å². The molecule has 0 radical (unpaired) electrons. The molecule has 0 saturated carbocycles. The fourth-order valence-electron chi connectivity index (χ4n) is 9.07. The lowest BCUT2D eigenvalue weighted by atomic mass is 9.90. The fraction of sp³-hybridized carbons (Fsp3) is 0.161. The molecule has 0 spiro atoms. The molecule has 0 unspecified atom stereocenters. The van der Waals surface area contributed by atoms with E-state index in [9.17, 15) is 29.4 Å². The first-order valence-corrected chi connectivity index (χ1v) is 24.0. The van der Waals surface area contributed by atoms with Gasteiger partial charge in [-0.05, 0) is 178 Å². The molecule has 378 valence electrons. The quantitative estimate of drug-likeness (QED) is 0.0714. The molecule has 4 aliphatic rings. The number of phenols is 1. The van der Waals surface area contributed by atoms with E-state index >= 15 is 0 Å². The largest absolute Gasteiger partial charge is 0.508 e. The Bertz CT molecular complexity index is 3830. The zero-order valence-electron chi connectivity index (χ0n) is 42.7. The van der Waals surface area contributed by atoms with Crippen molar-refractivity contribution >= 4 is 56.6 Å². The maximum atomic E-state index is 12.7. The van der Waals surface area contributed by atoms with Crippen molar-refractivity contribution in [3.05, 3.63) is 200 Å². The van der Waals surface area contributed by atoms with Crippen molar-refractivity contribution in [2.24, 2.45) is 0 Å². The number of aryl methyl sites for hydroxylation is 2. The molecule has 13 heteroatoms. The number of fused-ring (bicyclic) bond motifs is 4. The summed E-state index contributed by atoms with van der Waals surface area (Å²) in [5, 5.41) is 20.7. The standard InChI is InChI=1S/C34H33NO6.C28H21NO5/c1-21-17-22(33(37)41-34(2,3)4)7-14-27(21)32-28-15-10-24(18-30(28)40-31-19-25(36)11-16-29(31)32)35(5)23-8-12-26(13-9-23)39-20-38-6;1-16-13-17(28(32)33)3-10-22(16)27-23-11-6-19(29(2)18-4-7-20(30)8-5-18)14-25(23)34-26-15-21(31)9-12-24(26)27/h7-19H,20H2,1-6H3;3-15,30H,1-2H3,(H,32,33). The molecular weight excluding hydrogens is 949 g/mol. The van der Waals surface area contributed by atoms with Crippen molar-refractivity contribution in [1.29, 1.82) is 0 Å². The van der Waals surface area contributed by atoms with Crippen molar-refractivity contribution in [3.8, 4) is 56.4 Å². The van der Waals surface area contributed by atoms with Crippen LogP contribution in [0.15, 0.2) is 176 Å². The molecule has 2 N–H and O–H groups in total. The highest BCUT2D eigenvalue weighted by molar-refractivity contribution is 6.05. The van der Waals surface area contributed by atoms with Crippen molar-refractivity contribution in [3.63, 3.8) is 0 Å². The van der Waals surface area contributed by atoms with Gasteiger partial charge in [-0.15, -0.1) is 0 Å². The number of phenolic OH excluding ortho intramolecular Hbond substituents is 1. The fourth-order valence-corrected chi connectivity index (χ4v) is 9.07. The number of hydrogen-bond acceptors (Lipinski definition) is 12. The molecule has 6 aromatic carbocycles. The second kappa shape index (κ2) is 20.7. The van der Waals surface area contributed by atoms with E-state index in [0.29, 0.717) is 28.2 Å². The Labute approximate surface area is 432 Å². The molecule has 0 atom stereocenters. The molecule has 6 aromatic rings. The van der Waals surface area contributed by atoms with Gasteiger partial charge in [0.15, 0.2) is 17.7 Å². The number of hydrogen-bond donors (Lipinski definition) is 2. The highest BCUT2D eigenvalue weighted by Crippen LogP contribution is 2.44. The Balaban J connectivity index is 0.000000187. The second-order valence-corrected chi connectivity index (χ2v) is 19.2. The van der Waals surface area contributed by atoms with E-state index in [0.717, 1.165) is 83.8 Å². The third-order valence-electron chi connectivity index (χ3n) is 12.8. The number of aromatic hydroxyl groups is 1. The summed E-state index contributed by atoms with van der Waals surface area (Å²) in [6, 6.07) is 46.6. The molecule has 13 nitrogen and oxygen atoms in total. The van der Waals surface area contributed by atoms with Crippen LogP contribution >= 0.6 is 0 Å². The van der Waals surface area contributed by atoms with Crippen molar-refractivity contribution in [1.82, 2.24) is 0 Å². The van der Waals surface area contributed by atoms with Gasteiger partial charge in [-0.25, -0.2) is 9.59 Å². The summed E-state index contributed by atoms with van der Waals surface area (Å²) in [6.45, 7) is 9.57. The highest BCUT2D eigenvalue weighted by Gasteiger charge is 2.24. The van der Waals surface area contributed by atoms with E-state index < -0.39 is 11.6 Å². The molecule has 0 fully saturated rings. The van der Waals surface area contributed by atoms with Gasteiger partial charge < -0.3 is 43.1 Å². The lowest BCUT2D eigenvalue weighted by Crippen LogP contribution is -2.23. The summed E-state index contributed by atoms with van der Waals surface area (Å²) in [4.78, 5) is 52.5. The third-order valence-corrected chi connectivity index (χ3v) is 12.8. The molecule has 2 aliphatic carbocycles. The Hall–Kier alpha value is -9.20. The number of carboxylic acid groups (broad SMARTS) is 1. The minimum atomic E-state index is -0.981. The number of benzene rings is 8. The average molecular weight is 1000 g/mol. The molecule has 0 saturated heterocycles. The van der Waals surface area contributed by atoms with E-state index in [4.69, 9.17) is 23.0 Å². The van der Waals surface area contributed by atoms with Crippen molar-refractivity contribution in [2.75, 3.05) is 37.8 Å². The van der Waals surface area contributed by atoms with Gasteiger partial charge in [0.2, 0.25) is 0 Å². The van der Waals surface area contributed by atoms with E-state index in [1.165, 1.54) is 18.2 Å². The van der Waals surface area contributed by atoms with Crippen LogP contribution < -0.4 is 25.4 Å². The first-order chi connectivity index (χ1) is 35.8. The number of rotatable bonds is 11. The number of anilines is 4. The van der Waals surface area contributed by atoms with Crippen LogP contribution in [-0.2, 0) is 9.47 Å². The maximum absolute atomic E-state index is 12.7. The minimum absolute atomic E-state index is 0.132. The van der Waals surface area contributed by atoms with Gasteiger partial charge in [-0.3, -0.25) is 9.59 Å². The van der Waals surface area contributed by atoms with Crippen LogP contribution in [0, 0.1) is 13.8 Å². The van der Waals surface area contributed by atoms with Crippen molar-refractivity contribution < 1.29 is 42.8 Å². The second-order valence-electron chi connectivity index (χ2n) is 19.2. The molecule has 0 aromatic heterocycles. The zero-order chi connectivity index (χ0) is 53.3. The predicted molar refractivity (Wildman–Crippen MR) is 294 cm³/mol. The monoisotopic (exact) mass is 1000 g/mol. The van der Waals surface area contributed by atoms with Gasteiger partial charge in [-0.2, -0.15) is 0 Å². The smallest absolute Gasteiger partial charge is 0.338 e. The molecular formula is C62H54N2O11. The maximum Gasteiger partial charge on any atom is 0.338 e. The molecule has 0 amide bonds. The van der Waals surface area contributed by atoms with E-state index in [1.54, 1.807) is 61.7 Å². The van der Waals surface area contributed by atoms with Crippen LogP contribution in [0.2, 0.25) is 0 Å². The summed E-state index contributed by atoms with van der Waals surface area (Å²) < 4.78 is 28.5. The van der Waals surface area contributed by atoms with Crippen LogP contribution in [0.4, 0.5) is 22.7 Å². The number of carboxylic acids is 1. The van der Waals surface area contributed by atoms with Gasteiger partial charge in [0.05, 0.1) is 11.1 Å². The number of ether oxygens (including phenoxy) is 3. The number of nitrogens with zero attached hydrogens (tertiary/aromatic N) is 2. The Morgan fingerprint density at radius 2 is 0.987 bits per heavy atom. The van der Waals surface area contributed by atoms with Gasteiger partial charge in [0.25, 0.3) is 0 Å². The summed E-state index contributed by atoms with van der Waals surface area (Å²) in [6.07, 6.45) is 0. The van der Waals surface area contributed by atoms with Crippen molar-refractivity contribution in [2.45, 2.75) is 40.2 Å². The topological polar surface area (TPSA) is 169 Å². The Morgan fingerprint density at radius 3 is 1.44 bits per heavy atom. The van der Waals surface area contributed by atoms with Crippen LogP contribution in [0.3, 0.4) is 0 Å². The number of esters is 1. The Morgan fingerprint density at radius 1 is 0.547 bits per heavy atom. The summed E-state index contributed by atoms with van der Waals surface area (Å²) >= 11 is 0. The summed E-state index contributed by atoms with van der Waals surface area (Å²) in [5.74, 6) is 0.517. The lowest BCUT2D eigenvalue weighted by molar-refractivity contribution is 0.00690. The van der Waals surface area contributed by atoms with Gasteiger partial charge in [-0.1, -0.05) is 12.1 Å². The first kappa shape index (κ1) is 50.7. The van der Waals surface area contributed by atoms with Gasteiger partial charge in [0, 0.05) is 101 Å². The van der Waals surface area contributed by atoms with Crippen LogP contribution in [0.1, 0.15) is 52.6 Å². The molecule has 2 heterocycles. The third kappa shape index (κ3) is 10.8. The van der Waals surface area contributed by atoms with E-state index in [-0.39, 0.29) is 34.9 Å². The molecule has 2 aliphatic heterocycles. The molecule has 75 heavy (non-hydrogen) atoms. The van der Waals surface area contributed by atoms with Gasteiger partial charge in [0.1, 0.15) is 39.8 Å². The summed E-state index contributed by atoms with van der Waals surface area (Å²) in [7, 11) is 5.48. The lowest BCUT2D eigenvalue weighted by Gasteiger charge is -2.22. The number of carbonyl (C=O) groups is 2. The van der Waals surface area contributed by atoms with Crippen LogP contribution in [0.5, 0.6) is 11.5 Å². The normalized spacial score (nSPS) is 11.4. The van der Waals surface area contributed by atoms with E-state index in [2.05, 4.69) is 0 Å². The SMILES string of the molecule is COCOc1ccc(N(C)c2ccc3c(-c4ccc(C(=O)OC(C)(C)C)cc4C)c4ccc(=O)cc-4oc3c2)cc1.Cc1cc(C(=O)O)ccc1-c1c2ccc(=O)cc-2oc2cc(N(C)c3ccc(O)cc3)ccc12. The Kier molecular flexibility index (Phi) is 14.0. The number of aromatic carboxylic acids is 1. The number of methoxy groups -OCH3 is 1. The molecule has 0 bridgehead atoms. The minimum Gasteiger partial charge on any atom is -0.508 e. The first-order valence-electron chi connectivity index (χ1n) is 24.0. The zero-order valence-corrected chi connectivity index (χ0v) is 42.7. The molecule has 10 rings (SSSR count). The number of carbonyl (C=O) groups excluding carboxylic acids is 1. The average Bonchev–Trinajstić information content (AvgIpc) is 3.39. The highest BCUT2D eigenvalue weighted by atomic mass is 16.7. The van der Waals surface area contributed by atoms with Crippen LogP contribution in [0.25, 0.3) is 66.8 Å². The van der Waals surface area contributed by atoms with E-state index in [1.807, 2.05) is 143 Å². The predicted octanol–water partition coefficient (Wildman–Crippen LogP) is 13.6. The summed E-state index contributed by atoms with van der Waals surface area (Å²) in [5.41, 5.74) is 11.6.